The Morgan fingerprint density at radius 3 is 3.00 bits per heavy atom. The molecule has 16 heavy (non-hydrogen) atoms. The van der Waals surface area contributed by atoms with Gasteiger partial charge in [-0.2, -0.15) is 0 Å². The van der Waals surface area contributed by atoms with Gasteiger partial charge in [0.15, 0.2) is 0 Å². The van der Waals surface area contributed by atoms with Gasteiger partial charge >= 0.3 is 0 Å². The lowest BCUT2D eigenvalue weighted by atomic mass is 10.1. The highest BCUT2D eigenvalue weighted by atomic mass is 16.3. The Bertz CT molecular complexity index is 356. The monoisotopic (exact) mass is 221 g/mol. The number of anilines is 1. The maximum Gasteiger partial charge on any atom is 0.0703 e. The third-order valence-corrected chi connectivity index (χ3v) is 3.20. The summed E-state index contributed by atoms with van der Waals surface area (Å²) in [4.78, 5) is 8.82. The van der Waals surface area contributed by atoms with Crippen LogP contribution in [0.3, 0.4) is 0 Å². The summed E-state index contributed by atoms with van der Waals surface area (Å²) >= 11 is 0. The average molecular weight is 221 g/mol. The molecule has 2 heterocycles. The summed E-state index contributed by atoms with van der Waals surface area (Å²) in [7, 11) is 2.14. The van der Waals surface area contributed by atoms with Gasteiger partial charge in [-0.3, -0.25) is 4.98 Å². The number of hydrogen-bond acceptors (Lipinski definition) is 4. The zero-order valence-corrected chi connectivity index (χ0v) is 9.93. The van der Waals surface area contributed by atoms with E-state index in [1.165, 1.54) is 0 Å². The summed E-state index contributed by atoms with van der Waals surface area (Å²) in [5.74, 6) is 0. The molecule has 0 spiro atoms. The molecule has 1 aromatic heterocycles. The highest BCUT2D eigenvalue weighted by Crippen LogP contribution is 2.23. The van der Waals surface area contributed by atoms with Gasteiger partial charge in [0.25, 0.3) is 0 Å². The van der Waals surface area contributed by atoms with Crippen LogP contribution in [0.2, 0.25) is 0 Å². The van der Waals surface area contributed by atoms with Crippen molar-refractivity contribution in [1.29, 1.82) is 0 Å². The third-order valence-electron chi connectivity index (χ3n) is 3.20. The van der Waals surface area contributed by atoms with Gasteiger partial charge in [0.05, 0.1) is 18.5 Å². The Labute approximate surface area is 96.5 Å². The van der Waals surface area contributed by atoms with Crippen molar-refractivity contribution in [1.82, 2.24) is 9.88 Å². The van der Waals surface area contributed by atoms with E-state index in [4.69, 9.17) is 0 Å². The number of rotatable bonds is 2. The highest BCUT2D eigenvalue weighted by Gasteiger charge is 2.23. The highest BCUT2D eigenvalue weighted by molar-refractivity contribution is 5.52. The predicted octanol–water partition coefficient (Wildman–Crippen LogP) is 0.714. The standard InChI is InChI=1S/C12H19N3O/c1-10-8-14(2)5-6-15(10)12-7-13-4-3-11(12)9-16/h3-4,7,10,16H,5-6,8-9H2,1-2H3. The van der Waals surface area contributed by atoms with E-state index in [1.807, 2.05) is 12.3 Å². The number of piperazine rings is 1. The molecule has 0 bridgehead atoms. The minimum absolute atomic E-state index is 0.0803. The molecule has 0 radical (unpaired) electrons. The second kappa shape index (κ2) is 4.80. The predicted molar refractivity (Wildman–Crippen MR) is 64.5 cm³/mol. The van der Waals surface area contributed by atoms with E-state index in [9.17, 15) is 5.11 Å². The van der Waals surface area contributed by atoms with Gasteiger partial charge in [-0.05, 0) is 20.0 Å². The molecule has 1 N–H and O–H groups in total. The summed E-state index contributed by atoms with van der Waals surface area (Å²) in [6, 6.07) is 2.36. The largest absolute Gasteiger partial charge is 0.392 e. The minimum Gasteiger partial charge on any atom is -0.392 e. The van der Waals surface area contributed by atoms with Crippen LogP contribution in [0.25, 0.3) is 0 Å². The molecule has 1 aromatic rings. The second-order valence-corrected chi connectivity index (χ2v) is 4.47. The van der Waals surface area contributed by atoms with Crippen molar-refractivity contribution < 1.29 is 5.11 Å². The van der Waals surface area contributed by atoms with Gasteiger partial charge in [0, 0.05) is 37.4 Å². The number of pyridine rings is 1. The first-order valence-corrected chi connectivity index (χ1v) is 5.71. The molecule has 4 nitrogen and oxygen atoms in total. The first kappa shape index (κ1) is 11.4. The third kappa shape index (κ3) is 2.18. The SMILES string of the molecule is CC1CN(C)CCN1c1cnccc1CO. The molecular weight excluding hydrogens is 202 g/mol. The van der Waals surface area contributed by atoms with Crippen molar-refractivity contribution in [3.8, 4) is 0 Å². The van der Waals surface area contributed by atoms with Crippen LogP contribution in [-0.2, 0) is 6.61 Å². The molecule has 2 rings (SSSR count). The molecule has 0 amide bonds. The topological polar surface area (TPSA) is 39.6 Å². The number of likely N-dealkylation sites (N-methyl/N-ethyl adjacent to an activating group) is 1. The Morgan fingerprint density at radius 1 is 1.50 bits per heavy atom. The molecule has 1 fully saturated rings. The quantitative estimate of drug-likeness (QED) is 0.798. The van der Waals surface area contributed by atoms with Crippen LogP contribution < -0.4 is 4.90 Å². The molecule has 4 heteroatoms. The van der Waals surface area contributed by atoms with Crippen molar-refractivity contribution in [2.75, 3.05) is 31.6 Å². The summed E-state index contributed by atoms with van der Waals surface area (Å²) in [5.41, 5.74) is 2.04. The number of nitrogens with zero attached hydrogens (tertiary/aromatic N) is 3. The molecule has 1 saturated heterocycles. The minimum atomic E-state index is 0.0803. The van der Waals surface area contributed by atoms with E-state index in [0.717, 1.165) is 30.9 Å². The number of hydrogen-bond donors (Lipinski definition) is 1. The lowest BCUT2D eigenvalue weighted by molar-refractivity contribution is 0.268. The molecule has 1 aliphatic heterocycles. The van der Waals surface area contributed by atoms with Crippen LogP contribution in [-0.4, -0.2) is 47.7 Å². The van der Waals surface area contributed by atoms with Crippen molar-refractivity contribution in [3.05, 3.63) is 24.0 Å². The fourth-order valence-corrected chi connectivity index (χ4v) is 2.30. The van der Waals surface area contributed by atoms with Crippen LogP contribution in [0.4, 0.5) is 5.69 Å². The fourth-order valence-electron chi connectivity index (χ4n) is 2.30. The van der Waals surface area contributed by atoms with Crippen LogP contribution in [0.15, 0.2) is 18.5 Å². The first-order chi connectivity index (χ1) is 7.72. The zero-order chi connectivity index (χ0) is 11.5. The van der Waals surface area contributed by atoms with Crippen LogP contribution in [0.1, 0.15) is 12.5 Å². The van der Waals surface area contributed by atoms with Crippen molar-refractivity contribution >= 4 is 5.69 Å². The summed E-state index contributed by atoms with van der Waals surface area (Å²) < 4.78 is 0. The van der Waals surface area contributed by atoms with E-state index in [-0.39, 0.29) is 6.61 Å². The molecule has 88 valence electrons. The van der Waals surface area contributed by atoms with Crippen molar-refractivity contribution in [2.45, 2.75) is 19.6 Å². The lowest BCUT2D eigenvalue weighted by Crippen LogP contribution is -2.50. The fraction of sp³-hybridized carbons (Fsp3) is 0.583. The van der Waals surface area contributed by atoms with E-state index in [0.29, 0.717) is 6.04 Å². The molecule has 1 unspecified atom stereocenters. The molecule has 0 saturated carbocycles. The van der Waals surface area contributed by atoms with E-state index in [2.05, 4.69) is 28.8 Å². The summed E-state index contributed by atoms with van der Waals surface area (Å²) in [6.07, 6.45) is 3.59. The molecular formula is C12H19N3O. The number of aromatic nitrogens is 1. The summed E-state index contributed by atoms with van der Waals surface area (Å²) in [5, 5.41) is 9.32. The van der Waals surface area contributed by atoms with Gasteiger partial charge in [-0.25, -0.2) is 0 Å². The molecule has 1 aliphatic rings. The van der Waals surface area contributed by atoms with Crippen LogP contribution >= 0.6 is 0 Å². The Balaban J connectivity index is 2.23. The lowest BCUT2D eigenvalue weighted by Gasteiger charge is -2.40. The maximum absolute atomic E-state index is 9.32. The average Bonchev–Trinajstić information content (AvgIpc) is 2.29. The Kier molecular flexibility index (Phi) is 3.41. The van der Waals surface area contributed by atoms with Gasteiger partial charge in [-0.1, -0.05) is 0 Å². The number of aliphatic hydroxyl groups excluding tert-OH is 1. The second-order valence-electron chi connectivity index (χ2n) is 4.47. The normalized spacial score (nSPS) is 22.4. The van der Waals surface area contributed by atoms with Crippen LogP contribution in [0.5, 0.6) is 0 Å². The Hall–Kier alpha value is -1.13. The van der Waals surface area contributed by atoms with Gasteiger partial charge in [0.2, 0.25) is 0 Å². The van der Waals surface area contributed by atoms with Gasteiger partial charge in [-0.15, -0.1) is 0 Å². The molecule has 0 aliphatic carbocycles. The van der Waals surface area contributed by atoms with E-state index >= 15 is 0 Å². The van der Waals surface area contributed by atoms with Gasteiger partial charge < -0.3 is 14.9 Å². The van der Waals surface area contributed by atoms with Gasteiger partial charge in [0.1, 0.15) is 0 Å². The summed E-state index contributed by atoms with van der Waals surface area (Å²) in [6.45, 7) is 5.40. The zero-order valence-electron chi connectivity index (χ0n) is 9.93. The van der Waals surface area contributed by atoms with Crippen LogP contribution in [0, 0.1) is 0 Å². The number of aliphatic hydroxyl groups is 1. The molecule has 0 aromatic carbocycles. The van der Waals surface area contributed by atoms with Crippen molar-refractivity contribution in [3.63, 3.8) is 0 Å². The van der Waals surface area contributed by atoms with E-state index in [1.54, 1.807) is 6.20 Å². The Morgan fingerprint density at radius 2 is 2.31 bits per heavy atom. The van der Waals surface area contributed by atoms with Crippen molar-refractivity contribution in [2.24, 2.45) is 0 Å². The molecule has 1 atom stereocenters. The van der Waals surface area contributed by atoms with E-state index < -0.39 is 0 Å². The smallest absolute Gasteiger partial charge is 0.0703 e. The first-order valence-electron chi connectivity index (χ1n) is 5.71. The maximum atomic E-state index is 9.32.